The summed E-state index contributed by atoms with van der Waals surface area (Å²) in [5, 5.41) is 11.4. The largest absolute Gasteiger partial charge is 0.472 e. The molecule has 0 bridgehead atoms. The Balaban J connectivity index is 1.21. The van der Waals surface area contributed by atoms with E-state index in [1.54, 1.807) is 12.4 Å². The van der Waals surface area contributed by atoms with E-state index in [1.165, 1.54) is 0 Å². The fraction of sp³-hybridized carbons (Fsp3) is 0.480. The van der Waals surface area contributed by atoms with Crippen molar-refractivity contribution in [3.8, 4) is 5.88 Å². The smallest absolute Gasteiger partial charge is 0.257 e. The van der Waals surface area contributed by atoms with E-state index in [0.717, 1.165) is 74.6 Å². The summed E-state index contributed by atoms with van der Waals surface area (Å²) in [5.41, 5.74) is 0.226. The van der Waals surface area contributed by atoms with Gasteiger partial charge >= 0.3 is 0 Å². The quantitative estimate of drug-likeness (QED) is 0.638. The number of para-hydroxylation sites is 1. The van der Waals surface area contributed by atoms with E-state index in [2.05, 4.69) is 48.9 Å². The standard InChI is InChI=1S/C25H32N6O2/c1-25(2,32)31-17-15-30(16-18-31)23-24(27-12-11-26-23)33-20-9-13-29(14-10-20)22-8-7-19-5-3-4-6-21(19)28-22/h3-8,11-12,20,32H,9-10,13-18H2,1-2H3. The van der Waals surface area contributed by atoms with Crippen LogP contribution in [0.2, 0.25) is 0 Å². The van der Waals surface area contributed by atoms with E-state index in [-0.39, 0.29) is 6.10 Å². The van der Waals surface area contributed by atoms with Gasteiger partial charge in [0.1, 0.15) is 17.6 Å². The molecule has 2 aromatic heterocycles. The molecule has 0 atom stereocenters. The molecule has 0 amide bonds. The van der Waals surface area contributed by atoms with Crippen molar-refractivity contribution in [2.75, 3.05) is 49.1 Å². The number of aliphatic hydroxyl groups is 1. The maximum absolute atomic E-state index is 10.3. The van der Waals surface area contributed by atoms with Crippen molar-refractivity contribution in [2.45, 2.75) is 38.5 Å². The van der Waals surface area contributed by atoms with Gasteiger partial charge in [0, 0.05) is 69.9 Å². The Hall–Kier alpha value is -2.97. The number of benzene rings is 1. The fourth-order valence-corrected chi connectivity index (χ4v) is 4.68. The molecule has 4 heterocycles. The third kappa shape index (κ3) is 4.86. The van der Waals surface area contributed by atoms with Crippen LogP contribution in [0.5, 0.6) is 5.88 Å². The molecule has 1 N–H and O–H groups in total. The molecular weight excluding hydrogens is 416 g/mol. The van der Waals surface area contributed by atoms with E-state index in [4.69, 9.17) is 9.72 Å². The van der Waals surface area contributed by atoms with Gasteiger partial charge < -0.3 is 19.6 Å². The van der Waals surface area contributed by atoms with Crippen LogP contribution in [0, 0.1) is 0 Å². The summed E-state index contributed by atoms with van der Waals surface area (Å²) in [6.45, 7) is 8.58. The second kappa shape index (κ2) is 9.11. The lowest BCUT2D eigenvalue weighted by Crippen LogP contribution is -2.54. The fourth-order valence-electron chi connectivity index (χ4n) is 4.68. The highest BCUT2D eigenvalue weighted by Crippen LogP contribution is 2.29. The summed E-state index contributed by atoms with van der Waals surface area (Å²) in [4.78, 5) is 20.6. The average molecular weight is 449 g/mol. The van der Waals surface area contributed by atoms with Crippen LogP contribution in [0.1, 0.15) is 26.7 Å². The van der Waals surface area contributed by atoms with Gasteiger partial charge in [-0.05, 0) is 32.0 Å². The van der Waals surface area contributed by atoms with Crippen molar-refractivity contribution in [3.63, 3.8) is 0 Å². The molecule has 8 nitrogen and oxygen atoms in total. The van der Waals surface area contributed by atoms with Crippen LogP contribution in [0.25, 0.3) is 10.9 Å². The summed E-state index contributed by atoms with van der Waals surface area (Å²) >= 11 is 0. The number of hydrogen-bond acceptors (Lipinski definition) is 8. The molecule has 2 aliphatic rings. The highest BCUT2D eigenvalue weighted by molar-refractivity contribution is 5.80. The number of piperidine rings is 1. The molecule has 174 valence electrons. The van der Waals surface area contributed by atoms with Crippen LogP contribution in [-0.4, -0.2) is 76.1 Å². The Morgan fingerprint density at radius 1 is 0.879 bits per heavy atom. The van der Waals surface area contributed by atoms with Crippen LogP contribution in [-0.2, 0) is 0 Å². The maximum Gasteiger partial charge on any atom is 0.257 e. The van der Waals surface area contributed by atoms with Crippen molar-refractivity contribution in [1.82, 2.24) is 19.9 Å². The number of piperazine rings is 1. The molecule has 0 radical (unpaired) electrons. The molecular formula is C25H32N6O2. The Kier molecular flexibility index (Phi) is 6.03. The monoisotopic (exact) mass is 448 g/mol. The van der Waals surface area contributed by atoms with Gasteiger partial charge in [0.15, 0.2) is 5.82 Å². The molecule has 33 heavy (non-hydrogen) atoms. The minimum Gasteiger partial charge on any atom is -0.472 e. The van der Waals surface area contributed by atoms with Crippen molar-refractivity contribution < 1.29 is 9.84 Å². The molecule has 0 spiro atoms. The van der Waals surface area contributed by atoms with Crippen molar-refractivity contribution in [2.24, 2.45) is 0 Å². The topological polar surface area (TPSA) is 77.8 Å². The summed E-state index contributed by atoms with van der Waals surface area (Å²) in [5.74, 6) is 2.43. The van der Waals surface area contributed by atoms with Gasteiger partial charge in [0.05, 0.1) is 5.52 Å². The molecule has 2 fully saturated rings. The summed E-state index contributed by atoms with van der Waals surface area (Å²) in [7, 11) is 0. The lowest BCUT2D eigenvalue weighted by atomic mass is 10.1. The number of anilines is 2. The molecule has 0 saturated carbocycles. The van der Waals surface area contributed by atoms with Crippen molar-refractivity contribution in [1.29, 1.82) is 0 Å². The lowest BCUT2D eigenvalue weighted by Gasteiger charge is -2.41. The van der Waals surface area contributed by atoms with Gasteiger partial charge in [-0.15, -0.1) is 0 Å². The first kappa shape index (κ1) is 21.9. The van der Waals surface area contributed by atoms with Gasteiger partial charge in [-0.25, -0.2) is 15.0 Å². The first-order valence-electron chi connectivity index (χ1n) is 11.8. The summed E-state index contributed by atoms with van der Waals surface area (Å²) < 4.78 is 6.36. The molecule has 0 aliphatic carbocycles. The SMILES string of the molecule is CC(C)(O)N1CCN(c2nccnc2OC2CCN(c3ccc4ccccc4n3)CC2)CC1. The van der Waals surface area contributed by atoms with Crippen LogP contribution in [0.4, 0.5) is 11.6 Å². The van der Waals surface area contributed by atoms with Crippen molar-refractivity contribution >= 4 is 22.5 Å². The normalized spacial score (nSPS) is 18.6. The predicted octanol–water partition coefficient (Wildman–Crippen LogP) is 2.92. The Bertz CT molecular complexity index is 1090. The summed E-state index contributed by atoms with van der Waals surface area (Å²) in [6, 6.07) is 12.5. The Morgan fingerprint density at radius 3 is 2.36 bits per heavy atom. The third-order valence-corrected chi connectivity index (χ3v) is 6.63. The minimum atomic E-state index is -0.804. The number of pyridine rings is 1. The first-order chi connectivity index (χ1) is 16.0. The van der Waals surface area contributed by atoms with E-state index < -0.39 is 5.72 Å². The van der Waals surface area contributed by atoms with Gasteiger partial charge in [-0.1, -0.05) is 18.2 Å². The van der Waals surface area contributed by atoms with E-state index in [0.29, 0.717) is 5.88 Å². The first-order valence-corrected chi connectivity index (χ1v) is 11.8. The van der Waals surface area contributed by atoms with Gasteiger partial charge in [-0.2, -0.15) is 0 Å². The number of aromatic nitrogens is 3. The molecule has 3 aromatic rings. The van der Waals surface area contributed by atoms with Gasteiger partial charge in [0.2, 0.25) is 0 Å². The zero-order valence-corrected chi connectivity index (χ0v) is 19.4. The van der Waals surface area contributed by atoms with Crippen LogP contribution < -0.4 is 14.5 Å². The number of fused-ring (bicyclic) bond motifs is 1. The lowest BCUT2D eigenvalue weighted by molar-refractivity contribution is -0.0802. The third-order valence-electron chi connectivity index (χ3n) is 6.63. The number of ether oxygens (including phenoxy) is 1. The Labute approximate surface area is 194 Å². The molecule has 8 heteroatoms. The Morgan fingerprint density at radius 2 is 1.61 bits per heavy atom. The molecule has 0 unspecified atom stereocenters. The highest BCUT2D eigenvalue weighted by atomic mass is 16.5. The van der Waals surface area contributed by atoms with Gasteiger partial charge in [-0.3, -0.25) is 4.90 Å². The summed E-state index contributed by atoms with van der Waals surface area (Å²) in [6.07, 6.45) is 5.35. The minimum absolute atomic E-state index is 0.106. The van der Waals surface area contributed by atoms with Crippen LogP contribution in [0.15, 0.2) is 48.8 Å². The van der Waals surface area contributed by atoms with Gasteiger partial charge in [0.25, 0.3) is 5.88 Å². The number of hydrogen-bond donors (Lipinski definition) is 1. The van der Waals surface area contributed by atoms with E-state index in [1.807, 2.05) is 26.0 Å². The number of nitrogens with zero attached hydrogens (tertiary/aromatic N) is 6. The maximum atomic E-state index is 10.3. The van der Waals surface area contributed by atoms with E-state index >= 15 is 0 Å². The molecule has 2 aliphatic heterocycles. The molecule has 2 saturated heterocycles. The molecule has 1 aromatic carbocycles. The zero-order chi connectivity index (χ0) is 22.8. The molecule has 5 rings (SSSR count). The van der Waals surface area contributed by atoms with Crippen LogP contribution >= 0.6 is 0 Å². The number of rotatable bonds is 5. The van der Waals surface area contributed by atoms with E-state index in [9.17, 15) is 5.11 Å². The second-order valence-electron chi connectivity index (χ2n) is 9.32. The zero-order valence-electron chi connectivity index (χ0n) is 19.4. The second-order valence-corrected chi connectivity index (χ2v) is 9.32. The van der Waals surface area contributed by atoms with Crippen molar-refractivity contribution in [3.05, 3.63) is 48.8 Å². The predicted molar refractivity (Wildman–Crippen MR) is 130 cm³/mol. The average Bonchev–Trinajstić information content (AvgIpc) is 2.84. The van der Waals surface area contributed by atoms with Crippen LogP contribution in [0.3, 0.4) is 0 Å². The highest BCUT2D eigenvalue weighted by Gasteiger charge is 2.30.